The van der Waals surface area contributed by atoms with Crippen molar-refractivity contribution < 1.29 is 9.13 Å². The van der Waals surface area contributed by atoms with Crippen LogP contribution in [0.4, 0.5) is 4.39 Å². The predicted octanol–water partition coefficient (Wildman–Crippen LogP) is 4.41. The lowest BCUT2D eigenvalue weighted by atomic mass is 10.1. The first-order valence-corrected chi connectivity index (χ1v) is 6.76. The molecule has 1 N–H and O–H groups in total. The first-order chi connectivity index (χ1) is 9.10. The van der Waals surface area contributed by atoms with Crippen LogP contribution in [0.25, 0.3) is 0 Å². The van der Waals surface area contributed by atoms with Crippen molar-refractivity contribution in [1.82, 2.24) is 5.32 Å². The first kappa shape index (κ1) is 14.0. The molecule has 2 aromatic rings. The number of hydrogen-bond acceptors (Lipinski definition) is 2. The smallest absolute Gasteiger partial charge is 0.141 e. The minimum atomic E-state index is -0.334. The van der Waals surface area contributed by atoms with Crippen molar-refractivity contribution in [3.05, 3.63) is 57.8 Å². The minimum absolute atomic E-state index is 0.334. The third-order valence-electron chi connectivity index (χ3n) is 2.70. The average molecular weight is 324 g/mol. The Balaban J connectivity index is 2.29. The van der Waals surface area contributed by atoms with Gasteiger partial charge in [-0.1, -0.05) is 17.7 Å². The molecule has 0 fully saturated rings. The zero-order valence-corrected chi connectivity index (χ0v) is 12.4. The second-order valence-corrected chi connectivity index (χ2v) is 5.17. The van der Waals surface area contributed by atoms with Crippen LogP contribution in [0.3, 0.4) is 0 Å². The summed E-state index contributed by atoms with van der Waals surface area (Å²) in [6.45, 7) is 2.73. The van der Waals surface area contributed by atoms with Crippen molar-refractivity contribution in [2.75, 3.05) is 7.05 Å². The second-order valence-electron chi connectivity index (χ2n) is 4.32. The van der Waals surface area contributed by atoms with Crippen molar-refractivity contribution in [3.8, 4) is 11.5 Å². The highest BCUT2D eigenvalue weighted by molar-refractivity contribution is 9.10. The molecule has 0 aliphatic carbocycles. The molecule has 19 heavy (non-hydrogen) atoms. The maximum atomic E-state index is 13.5. The Hall–Kier alpha value is -1.39. The Morgan fingerprint density at radius 1 is 1.21 bits per heavy atom. The zero-order valence-electron chi connectivity index (χ0n) is 10.8. The fourth-order valence-electron chi connectivity index (χ4n) is 1.80. The van der Waals surface area contributed by atoms with Gasteiger partial charge in [0.1, 0.15) is 17.3 Å². The lowest BCUT2D eigenvalue weighted by Gasteiger charge is -2.12. The Bertz CT molecular complexity index is 586. The van der Waals surface area contributed by atoms with Crippen molar-refractivity contribution >= 4 is 15.9 Å². The van der Waals surface area contributed by atoms with Crippen LogP contribution in [-0.4, -0.2) is 7.05 Å². The molecule has 4 heteroatoms. The third kappa shape index (κ3) is 3.55. The molecule has 100 valence electrons. The Morgan fingerprint density at radius 2 is 2.00 bits per heavy atom. The number of rotatable bonds is 4. The first-order valence-electron chi connectivity index (χ1n) is 5.97. The van der Waals surface area contributed by atoms with E-state index in [1.807, 2.05) is 26.1 Å². The summed E-state index contributed by atoms with van der Waals surface area (Å²) < 4.78 is 19.6. The molecule has 0 saturated heterocycles. The number of halogens is 2. The van der Waals surface area contributed by atoms with Gasteiger partial charge in [-0.05, 0) is 48.1 Å². The molecular weight excluding hydrogens is 309 g/mol. The molecule has 0 saturated carbocycles. The van der Waals surface area contributed by atoms with E-state index >= 15 is 0 Å². The van der Waals surface area contributed by atoms with Crippen molar-refractivity contribution in [3.63, 3.8) is 0 Å². The van der Waals surface area contributed by atoms with E-state index in [0.717, 1.165) is 11.3 Å². The summed E-state index contributed by atoms with van der Waals surface area (Å²) in [4.78, 5) is 0. The van der Waals surface area contributed by atoms with E-state index in [1.165, 1.54) is 11.6 Å². The van der Waals surface area contributed by atoms with Gasteiger partial charge in [-0.3, -0.25) is 0 Å². The minimum Gasteiger partial charge on any atom is -0.457 e. The molecule has 0 aliphatic rings. The molecule has 0 aliphatic heterocycles. The highest BCUT2D eigenvalue weighted by Gasteiger charge is 2.07. The SMILES string of the molecule is CNCc1cc(C)ccc1Oc1ccc(Br)c(F)c1. The normalized spacial score (nSPS) is 10.5. The van der Waals surface area contributed by atoms with Crippen LogP contribution in [0, 0.1) is 12.7 Å². The monoisotopic (exact) mass is 323 g/mol. The van der Waals surface area contributed by atoms with Gasteiger partial charge in [0.2, 0.25) is 0 Å². The predicted molar refractivity (Wildman–Crippen MR) is 78.1 cm³/mol. The van der Waals surface area contributed by atoms with Gasteiger partial charge in [0.25, 0.3) is 0 Å². The van der Waals surface area contributed by atoms with Gasteiger partial charge in [0.05, 0.1) is 4.47 Å². The average Bonchev–Trinajstić information content (AvgIpc) is 2.37. The summed E-state index contributed by atoms with van der Waals surface area (Å²) in [5.74, 6) is 0.892. The molecule has 2 aromatic carbocycles. The fraction of sp³-hybridized carbons (Fsp3) is 0.200. The van der Waals surface area contributed by atoms with Crippen molar-refractivity contribution in [2.45, 2.75) is 13.5 Å². The third-order valence-corrected chi connectivity index (χ3v) is 3.35. The second kappa shape index (κ2) is 6.17. The lowest BCUT2D eigenvalue weighted by Crippen LogP contribution is -2.06. The summed E-state index contributed by atoms with van der Waals surface area (Å²) in [7, 11) is 1.88. The number of hydrogen-bond donors (Lipinski definition) is 1. The molecule has 0 aromatic heterocycles. The van der Waals surface area contributed by atoms with E-state index < -0.39 is 0 Å². The van der Waals surface area contributed by atoms with E-state index in [-0.39, 0.29) is 5.82 Å². The van der Waals surface area contributed by atoms with Crippen LogP contribution in [0.2, 0.25) is 0 Å². The zero-order chi connectivity index (χ0) is 13.8. The van der Waals surface area contributed by atoms with Gasteiger partial charge in [-0.2, -0.15) is 0 Å². The van der Waals surface area contributed by atoms with Gasteiger partial charge in [-0.15, -0.1) is 0 Å². The lowest BCUT2D eigenvalue weighted by molar-refractivity contribution is 0.468. The molecule has 2 rings (SSSR count). The van der Waals surface area contributed by atoms with E-state index in [9.17, 15) is 4.39 Å². The van der Waals surface area contributed by atoms with E-state index in [4.69, 9.17) is 4.74 Å². The van der Waals surface area contributed by atoms with Crippen LogP contribution >= 0.6 is 15.9 Å². The summed E-state index contributed by atoms with van der Waals surface area (Å²) in [5, 5.41) is 3.10. The molecule has 0 spiro atoms. The molecule has 0 bridgehead atoms. The Kier molecular flexibility index (Phi) is 4.56. The highest BCUT2D eigenvalue weighted by Crippen LogP contribution is 2.28. The summed E-state index contributed by atoms with van der Waals surface area (Å²) in [6.07, 6.45) is 0. The van der Waals surface area contributed by atoms with Crippen molar-refractivity contribution in [2.24, 2.45) is 0 Å². The molecule has 0 heterocycles. The van der Waals surface area contributed by atoms with Crippen LogP contribution < -0.4 is 10.1 Å². The van der Waals surface area contributed by atoms with Gasteiger partial charge < -0.3 is 10.1 Å². The van der Waals surface area contributed by atoms with Crippen LogP contribution in [0.1, 0.15) is 11.1 Å². The van der Waals surface area contributed by atoms with E-state index in [0.29, 0.717) is 16.8 Å². The van der Waals surface area contributed by atoms with Crippen LogP contribution in [0.5, 0.6) is 11.5 Å². The Labute approximate surface area is 120 Å². The van der Waals surface area contributed by atoms with Gasteiger partial charge in [0.15, 0.2) is 0 Å². The van der Waals surface area contributed by atoms with Gasteiger partial charge in [0, 0.05) is 18.2 Å². The topological polar surface area (TPSA) is 21.3 Å². The fourth-order valence-corrected chi connectivity index (χ4v) is 2.05. The van der Waals surface area contributed by atoms with Crippen LogP contribution in [0.15, 0.2) is 40.9 Å². The molecule has 0 atom stereocenters. The molecule has 0 amide bonds. The number of nitrogens with one attached hydrogen (secondary N) is 1. The van der Waals surface area contributed by atoms with E-state index in [2.05, 4.69) is 27.3 Å². The maximum absolute atomic E-state index is 13.5. The number of aryl methyl sites for hydroxylation is 1. The summed E-state index contributed by atoms with van der Waals surface area (Å²) >= 11 is 3.12. The maximum Gasteiger partial charge on any atom is 0.141 e. The molecule has 0 radical (unpaired) electrons. The number of benzene rings is 2. The Morgan fingerprint density at radius 3 is 2.68 bits per heavy atom. The quantitative estimate of drug-likeness (QED) is 0.899. The molecular formula is C15H15BrFNO. The van der Waals surface area contributed by atoms with Gasteiger partial charge >= 0.3 is 0 Å². The van der Waals surface area contributed by atoms with E-state index in [1.54, 1.807) is 12.1 Å². The van der Waals surface area contributed by atoms with Gasteiger partial charge in [-0.25, -0.2) is 4.39 Å². The highest BCUT2D eigenvalue weighted by atomic mass is 79.9. The largest absolute Gasteiger partial charge is 0.457 e. The summed E-state index contributed by atoms with van der Waals surface area (Å²) in [6, 6.07) is 10.7. The van der Waals surface area contributed by atoms with Crippen LogP contribution in [-0.2, 0) is 6.54 Å². The standard InChI is InChI=1S/C15H15BrFNO/c1-10-3-6-15(11(7-10)9-18-2)19-12-4-5-13(16)14(17)8-12/h3-8,18H,9H2,1-2H3. The summed E-state index contributed by atoms with van der Waals surface area (Å²) in [5.41, 5.74) is 2.21. The van der Waals surface area contributed by atoms with Crippen molar-refractivity contribution in [1.29, 1.82) is 0 Å². The number of ether oxygens (including phenoxy) is 1. The molecule has 2 nitrogen and oxygen atoms in total. The molecule has 0 unspecified atom stereocenters.